The van der Waals surface area contributed by atoms with Crippen molar-refractivity contribution in [2.24, 2.45) is 0 Å². The van der Waals surface area contributed by atoms with Gasteiger partial charge in [0, 0.05) is 11.6 Å². The number of ether oxygens (including phenoxy) is 1. The molecule has 0 atom stereocenters. The van der Waals surface area contributed by atoms with Crippen molar-refractivity contribution in [3.63, 3.8) is 0 Å². The second-order valence-corrected chi connectivity index (χ2v) is 4.65. The summed E-state index contributed by atoms with van der Waals surface area (Å²) in [5.74, 6) is 0.713. The Morgan fingerprint density at radius 2 is 2.06 bits per heavy atom. The number of hydrogen-bond acceptors (Lipinski definition) is 2. The molecule has 0 heterocycles. The Balaban J connectivity index is 2.86. The Morgan fingerprint density at radius 3 is 2.44 bits per heavy atom. The number of rotatable bonds is 6. The van der Waals surface area contributed by atoms with Crippen molar-refractivity contribution < 1.29 is 4.74 Å². The number of allylic oxidation sites excluding steroid dienone is 2. The first kappa shape index (κ1) is 13.0. The predicted molar refractivity (Wildman–Crippen MR) is 69.3 cm³/mol. The molecule has 0 aliphatic heterocycles. The highest BCUT2D eigenvalue weighted by atomic mass is 16.5. The van der Waals surface area contributed by atoms with Crippen LogP contribution in [0.2, 0.25) is 0 Å². The van der Waals surface area contributed by atoms with Crippen LogP contribution in [0.1, 0.15) is 33.6 Å². The van der Waals surface area contributed by atoms with Gasteiger partial charge in [-0.2, -0.15) is 0 Å². The van der Waals surface area contributed by atoms with Crippen LogP contribution in [-0.2, 0) is 4.74 Å². The van der Waals surface area contributed by atoms with Crippen LogP contribution in [0.4, 0.5) is 0 Å². The van der Waals surface area contributed by atoms with Crippen LogP contribution in [0.15, 0.2) is 36.1 Å². The molecule has 1 rings (SSSR count). The Kier molecular flexibility index (Phi) is 4.36. The van der Waals surface area contributed by atoms with Crippen molar-refractivity contribution in [3.05, 3.63) is 36.1 Å². The standard InChI is InChI=1S/C14H23NO/c1-6-7-13(10-12(4)16-5)14(8-9-14)15-11(2)3/h6-7,10-11,15H,4,8-9H2,1-3,5H3/b7-6-,13-10+. The van der Waals surface area contributed by atoms with Gasteiger partial charge in [0.15, 0.2) is 0 Å². The summed E-state index contributed by atoms with van der Waals surface area (Å²) in [6.07, 6.45) is 8.63. The maximum Gasteiger partial charge on any atom is 0.112 e. The van der Waals surface area contributed by atoms with Gasteiger partial charge >= 0.3 is 0 Å². The van der Waals surface area contributed by atoms with E-state index in [1.165, 1.54) is 18.4 Å². The molecule has 16 heavy (non-hydrogen) atoms. The molecule has 0 aromatic heterocycles. The molecule has 1 aliphatic carbocycles. The summed E-state index contributed by atoms with van der Waals surface area (Å²) in [7, 11) is 1.65. The van der Waals surface area contributed by atoms with Crippen LogP contribution >= 0.6 is 0 Å². The van der Waals surface area contributed by atoms with Gasteiger partial charge < -0.3 is 10.1 Å². The van der Waals surface area contributed by atoms with E-state index in [0.29, 0.717) is 11.8 Å². The zero-order valence-corrected chi connectivity index (χ0v) is 10.8. The Bertz CT molecular complexity index is 309. The predicted octanol–water partition coefficient (Wildman–Crippen LogP) is 3.18. The van der Waals surface area contributed by atoms with Crippen molar-refractivity contribution >= 4 is 0 Å². The summed E-state index contributed by atoms with van der Waals surface area (Å²) in [5.41, 5.74) is 1.43. The van der Waals surface area contributed by atoms with Crippen LogP contribution < -0.4 is 5.32 Å². The Morgan fingerprint density at radius 1 is 1.44 bits per heavy atom. The summed E-state index contributed by atoms with van der Waals surface area (Å²) in [6, 6.07) is 0.493. The first-order valence-electron chi connectivity index (χ1n) is 5.89. The fourth-order valence-electron chi connectivity index (χ4n) is 1.95. The van der Waals surface area contributed by atoms with E-state index in [0.717, 1.165) is 0 Å². The minimum Gasteiger partial charge on any atom is -0.497 e. The third-order valence-electron chi connectivity index (χ3n) is 2.79. The van der Waals surface area contributed by atoms with Crippen LogP contribution in [0.3, 0.4) is 0 Å². The molecule has 90 valence electrons. The van der Waals surface area contributed by atoms with Crippen LogP contribution in [0.25, 0.3) is 0 Å². The molecule has 0 unspecified atom stereocenters. The molecule has 0 saturated heterocycles. The largest absolute Gasteiger partial charge is 0.497 e. The fraction of sp³-hybridized carbons (Fsp3) is 0.571. The highest BCUT2D eigenvalue weighted by molar-refractivity contribution is 5.40. The van der Waals surface area contributed by atoms with E-state index in [-0.39, 0.29) is 5.54 Å². The first-order chi connectivity index (χ1) is 7.54. The molecule has 0 spiro atoms. The lowest BCUT2D eigenvalue weighted by Crippen LogP contribution is -2.38. The lowest BCUT2D eigenvalue weighted by molar-refractivity contribution is 0.307. The minimum atomic E-state index is 0.155. The molecule has 0 amide bonds. The normalized spacial score (nSPS) is 19.2. The molecular weight excluding hydrogens is 198 g/mol. The van der Waals surface area contributed by atoms with E-state index in [9.17, 15) is 0 Å². The summed E-state index contributed by atoms with van der Waals surface area (Å²) in [6.45, 7) is 10.3. The second-order valence-electron chi connectivity index (χ2n) is 4.65. The molecule has 1 fully saturated rings. The van der Waals surface area contributed by atoms with Crippen LogP contribution in [0.5, 0.6) is 0 Å². The average Bonchev–Trinajstić information content (AvgIpc) is 2.97. The molecule has 1 N–H and O–H groups in total. The van der Waals surface area contributed by atoms with Gasteiger partial charge in [0.2, 0.25) is 0 Å². The van der Waals surface area contributed by atoms with Gasteiger partial charge in [-0.1, -0.05) is 32.6 Å². The topological polar surface area (TPSA) is 21.3 Å². The average molecular weight is 221 g/mol. The van der Waals surface area contributed by atoms with Gasteiger partial charge in [0.1, 0.15) is 5.76 Å². The number of nitrogens with one attached hydrogen (secondary N) is 1. The first-order valence-corrected chi connectivity index (χ1v) is 5.89. The van der Waals surface area contributed by atoms with Crippen molar-refractivity contribution in [3.8, 4) is 0 Å². The molecule has 1 aliphatic rings. The summed E-state index contributed by atoms with van der Waals surface area (Å²) in [4.78, 5) is 0. The monoisotopic (exact) mass is 221 g/mol. The van der Waals surface area contributed by atoms with Gasteiger partial charge in [-0.3, -0.25) is 0 Å². The van der Waals surface area contributed by atoms with Crippen molar-refractivity contribution in [2.45, 2.75) is 45.2 Å². The van der Waals surface area contributed by atoms with E-state index in [4.69, 9.17) is 4.74 Å². The zero-order valence-electron chi connectivity index (χ0n) is 10.8. The molecular formula is C14H23NO. The second kappa shape index (κ2) is 5.35. The van der Waals surface area contributed by atoms with Gasteiger partial charge in [0.25, 0.3) is 0 Å². The van der Waals surface area contributed by atoms with Crippen molar-refractivity contribution in [1.29, 1.82) is 0 Å². The molecule has 1 saturated carbocycles. The Hall–Kier alpha value is -1.02. The van der Waals surface area contributed by atoms with Gasteiger partial charge in [-0.05, 0) is 31.4 Å². The van der Waals surface area contributed by atoms with Crippen molar-refractivity contribution in [2.75, 3.05) is 7.11 Å². The molecule has 0 aromatic rings. The molecule has 2 nitrogen and oxygen atoms in total. The molecule has 2 heteroatoms. The van der Waals surface area contributed by atoms with E-state index >= 15 is 0 Å². The zero-order chi connectivity index (χ0) is 12.2. The Labute approximate surface area is 99.1 Å². The number of hydrogen-bond donors (Lipinski definition) is 1. The lowest BCUT2D eigenvalue weighted by atomic mass is 10.0. The van der Waals surface area contributed by atoms with E-state index < -0.39 is 0 Å². The maximum atomic E-state index is 5.12. The fourth-order valence-corrected chi connectivity index (χ4v) is 1.95. The van der Waals surface area contributed by atoms with Gasteiger partial charge in [-0.15, -0.1) is 0 Å². The summed E-state index contributed by atoms with van der Waals surface area (Å²) in [5, 5.41) is 3.63. The molecule has 0 radical (unpaired) electrons. The van der Waals surface area contributed by atoms with Gasteiger partial charge in [0.05, 0.1) is 7.11 Å². The maximum absolute atomic E-state index is 5.12. The third kappa shape index (κ3) is 3.24. The van der Waals surface area contributed by atoms with Gasteiger partial charge in [-0.25, -0.2) is 0 Å². The molecule has 0 aromatic carbocycles. The number of methoxy groups -OCH3 is 1. The summed E-state index contributed by atoms with van der Waals surface area (Å²) < 4.78 is 5.12. The quantitative estimate of drug-likeness (QED) is 0.549. The van der Waals surface area contributed by atoms with E-state index in [1.807, 2.05) is 13.0 Å². The highest BCUT2D eigenvalue weighted by Crippen LogP contribution is 2.43. The van der Waals surface area contributed by atoms with Crippen molar-refractivity contribution in [1.82, 2.24) is 5.32 Å². The van der Waals surface area contributed by atoms with Crippen LogP contribution in [-0.4, -0.2) is 18.7 Å². The van der Waals surface area contributed by atoms with E-state index in [1.54, 1.807) is 7.11 Å². The minimum absolute atomic E-state index is 0.155. The van der Waals surface area contributed by atoms with E-state index in [2.05, 4.69) is 37.9 Å². The molecule has 0 bridgehead atoms. The van der Waals surface area contributed by atoms with Crippen LogP contribution in [0, 0.1) is 0 Å². The highest BCUT2D eigenvalue weighted by Gasteiger charge is 2.45. The third-order valence-corrected chi connectivity index (χ3v) is 2.79. The SMILES string of the molecule is C=C(/C=C(\C=C/C)C1(NC(C)C)CC1)OC. The summed E-state index contributed by atoms with van der Waals surface area (Å²) >= 11 is 0. The smallest absolute Gasteiger partial charge is 0.112 e. The lowest BCUT2D eigenvalue weighted by Gasteiger charge is -2.22.